The topological polar surface area (TPSA) is 55.1 Å². The summed E-state index contributed by atoms with van der Waals surface area (Å²) in [5, 5.41) is 2.96. The van der Waals surface area contributed by atoms with Crippen molar-refractivity contribution in [3.63, 3.8) is 0 Å². The summed E-state index contributed by atoms with van der Waals surface area (Å²) in [6.07, 6.45) is 0. The molecule has 1 amide bonds. The first-order valence-corrected chi connectivity index (χ1v) is 6.22. The van der Waals surface area contributed by atoms with E-state index in [2.05, 4.69) is 17.4 Å². The van der Waals surface area contributed by atoms with Crippen LogP contribution in [0.15, 0.2) is 36.4 Å². The maximum atomic E-state index is 12.2. The number of benzene rings is 2. The van der Waals surface area contributed by atoms with Crippen LogP contribution in [-0.2, 0) is 0 Å². The molecule has 0 radical (unpaired) electrons. The first kappa shape index (κ1) is 13.1. The van der Waals surface area contributed by atoms with Crippen LogP contribution < -0.4 is 11.1 Å². The second-order valence-electron chi connectivity index (χ2n) is 4.85. The minimum Gasteiger partial charge on any atom is -0.399 e. The molecule has 2 aromatic rings. The number of rotatable bonds is 2. The van der Waals surface area contributed by atoms with E-state index in [-0.39, 0.29) is 5.91 Å². The van der Waals surface area contributed by atoms with Gasteiger partial charge in [0.05, 0.1) is 0 Å². The molecule has 0 fully saturated rings. The van der Waals surface area contributed by atoms with Gasteiger partial charge in [-0.3, -0.25) is 4.79 Å². The summed E-state index contributed by atoms with van der Waals surface area (Å²) in [7, 11) is 0. The van der Waals surface area contributed by atoms with Gasteiger partial charge in [-0.15, -0.1) is 0 Å². The van der Waals surface area contributed by atoms with Crippen molar-refractivity contribution in [3.05, 3.63) is 58.7 Å². The lowest BCUT2D eigenvalue weighted by Crippen LogP contribution is -2.14. The maximum Gasteiger partial charge on any atom is 0.255 e. The molecule has 0 aliphatic heterocycles. The monoisotopic (exact) mass is 254 g/mol. The third kappa shape index (κ3) is 2.94. The maximum absolute atomic E-state index is 12.2. The van der Waals surface area contributed by atoms with Crippen molar-refractivity contribution < 1.29 is 4.79 Å². The van der Waals surface area contributed by atoms with Crippen LogP contribution in [0, 0.1) is 20.8 Å². The van der Waals surface area contributed by atoms with E-state index in [9.17, 15) is 4.79 Å². The van der Waals surface area contributed by atoms with Gasteiger partial charge in [0.1, 0.15) is 0 Å². The second-order valence-corrected chi connectivity index (χ2v) is 4.85. The Morgan fingerprint density at radius 3 is 2.05 bits per heavy atom. The van der Waals surface area contributed by atoms with E-state index in [0.29, 0.717) is 11.3 Å². The molecule has 19 heavy (non-hydrogen) atoms. The Morgan fingerprint density at radius 1 is 1.00 bits per heavy atom. The molecule has 3 N–H and O–H groups in total. The summed E-state index contributed by atoms with van der Waals surface area (Å²) in [6.45, 7) is 6.04. The van der Waals surface area contributed by atoms with E-state index in [1.54, 1.807) is 24.3 Å². The summed E-state index contributed by atoms with van der Waals surface area (Å²) in [4.78, 5) is 12.2. The third-order valence-electron chi connectivity index (χ3n) is 3.09. The smallest absolute Gasteiger partial charge is 0.255 e. The lowest BCUT2D eigenvalue weighted by atomic mass is 10.0. The average molecular weight is 254 g/mol. The Bertz CT molecular complexity index is 592. The molecule has 3 nitrogen and oxygen atoms in total. The highest BCUT2D eigenvalue weighted by molar-refractivity contribution is 6.05. The molecule has 0 heterocycles. The fraction of sp³-hybridized carbons (Fsp3) is 0.188. The summed E-state index contributed by atoms with van der Waals surface area (Å²) < 4.78 is 0. The lowest BCUT2D eigenvalue weighted by molar-refractivity contribution is 0.102. The van der Waals surface area contributed by atoms with Crippen LogP contribution in [0.25, 0.3) is 0 Å². The molecule has 0 bridgehead atoms. The predicted octanol–water partition coefficient (Wildman–Crippen LogP) is 3.45. The van der Waals surface area contributed by atoms with E-state index >= 15 is 0 Å². The molecule has 2 aromatic carbocycles. The van der Waals surface area contributed by atoms with Crippen LogP contribution in [0.2, 0.25) is 0 Å². The number of carbonyl (C=O) groups excluding carboxylic acids is 1. The van der Waals surface area contributed by atoms with Crippen molar-refractivity contribution >= 4 is 17.3 Å². The molecule has 0 aliphatic rings. The summed E-state index contributed by atoms with van der Waals surface area (Å²) in [6, 6.07) is 11.0. The van der Waals surface area contributed by atoms with Crippen LogP contribution in [0.1, 0.15) is 27.0 Å². The lowest BCUT2D eigenvalue weighted by Gasteiger charge is -2.13. The standard InChI is InChI=1S/C16H18N2O/c1-10-8-11(2)15(12(3)9-10)18-16(19)13-4-6-14(17)7-5-13/h4-9H,17H2,1-3H3,(H,18,19). The molecule has 0 saturated carbocycles. The minimum absolute atomic E-state index is 0.116. The first-order valence-electron chi connectivity index (χ1n) is 6.22. The quantitative estimate of drug-likeness (QED) is 0.806. The molecular weight excluding hydrogens is 236 g/mol. The number of hydrogen-bond acceptors (Lipinski definition) is 2. The zero-order chi connectivity index (χ0) is 14.0. The molecule has 0 spiro atoms. The summed E-state index contributed by atoms with van der Waals surface area (Å²) in [5.74, 6) is -0.116. The van der Waals surface area contributed by atoms with E-state index in [4.69, 9.17) is 5.73 Å². The number of anilines is 2. The fourth-order valence-electron chi connectivity index (χ4n) is 2.20. The van der Waals surface area contributed by atoms with E-state index in [1.807, 2.05) is 20.8 Å². The van der Waals surface area contributed by atoms with Crippen LogP contribution in [0.4, 0.5) is 11.4 Å². The van der Waals surface area contributed by atoms with Crippen molar-refractivity contribution in [2.75, 3.05) is 11.1 Å². The molecule has 98 valence electrons. The van der Waals surface area contributed by atoms with Gasteiger partial charge in [-0.05, 0) is 56.2 Å². The average Bonchev–Trinajstić information content (AvgIpc) is 2.34. The number of carbonyl (C=O) groups is 1. The Hall–Kier alpha value is -2.29. The molecule has 0 atom stereocenters. The number of nitrogen functional groups attached to an aromatic ring is 1. The Kier molecular flexibility index (Phi) is 3.56. The van der Waals surface area contributed by atoms with Crippen LogP contribution >= 0.6 is 0 Å². The highest BCUT2D eigenvalue weighted by atomic mass is 16.1. The predicted molar refractivity (Wildman–Crippen MR) is 79.5 cm³/mol. The van der Waals surface area contributed by atoms with Crippen LogP contribution in [-0.4, -0.2) is 5.91 Å². The minimum atomic E-state index is -0.116. The van der Waals surface area contributed by atoms with Gasteiger partial charge in [0.15, 0.2) is 0 Å². The van der Waals surface area contributed by atoms with Crippen molar-refractivity contribution in [2.24, 2.45) is 0 Å². The second kappa shape index (κ2) is 5.14. The molecule has 0 unspecified atom stereocenters. The number of amides is 1. The molecule has 0 saturated heterocycles. The van der Waals surface area contributed by atoms with Gasteiger partial charge in [-0.1, -0.05) is 17.7 Å². The molecule has 3 heteroatoms. The normalized spacial score (nSPS) is 10.3. The summed E-state index contributed by atoms with van der Waals surface area (Å²) in [5.41, 5.74) is 11.1. The SMILES string of the molecule is Cc1cc(C)c(NC(=O)c2ccc(N)cc2)c(C)c1. The fourth-order valence-corrected chi connectivity index (χ4v) is 2.20. The van der Waals surface area contributed by atoms with Crippen LogP contribution in [0.5, 0.6) is 0 Å². The van der Waals surface area contributed by atoms with E-state index < -0.39 is 0 Å². The molecule has 2 rings (SSSR count). The van der Waals surface area contributed by atoms with Gasteiger partial charge in [-0.2, -0.15) is 0 Å². The van der Waals surface area contributed by atoms with Gasteiger partial charge in [-0.25, -0.2) is 0 Å². The first-order chi connectivity index (χ1) is 8.97. The zero-order valence-electron chi connectivity index (χ0n) is 11.4. The van der Waals surface area contributed by atoms with Gasteiger partial charge >= 0.3 is 0 Å². The van der Waals surface area contributed by atoms with Gasteiger partial charge in [0, 0.05) is 16.9 Å². The number of nitrogens with two attached hydrogens (primary N) is 1. The van der Waals surface area contributed by atoms with Crippen LogP contribution in [0.3, 0.4) is 0 Å². The molecular formula is C16H18N2O. The van der Waals surface area contributed by atoms with Crippen molar-refractivity contribution in [2.45, 2.75) is 20.8 Å². The van der Waals surface area contributed by atoms with Gasteiger partial charge in [0.2, 0.25) is 0 Å². The van der Waals surface area contributed by atoms with Crippen molar-refractivity contribution in [3.8, 4) is 0 Å². The van der Waals surface area contributed by atoms with Gasteiger partial charge in [0.25, 0.3) is 5.91 Å². The third-order valence-corrected chi connectivity index (χ3v) is 3.09. The molecule has 0 aromatic heterocycles. The van der Waals surface area contributed by atoms with E-state index in [1.165, 1.54) is 5.56 Å². The van der Waals surface area contributed by atoms with Crippen molar-refractivity contribution in [1.29, 1.82) is 0 Å². The summed E-state index contributed by atoms with van der Waals surface area (Å²) >= 11 is 0. The van der Waals surface area contributed by atoms with Gasteiger partial charge < -0.3 is 11.1 Å². The molecule has 0 aliphatic carbocycles. The highest BCUT2D eigenvalue weighted by Crippen LogP contribution is 2.22. The number of hydrogen-bond donors (Lipinski definition) is 2. The van der Waals surface area contributed by atoms with Crippen molar-refractivity contribution in [1.82, 2.24) is 0 Å². The highest BCUT2D eigenvalue weighted by Gasteiger charge is 2.10. The number of aryl methyl sites for hydroxylation is 3. The largest absolute Gasteiger partial charge is 0.399 e. The Morgan fingerprint density at radius 2 is 1.53 bits per heavy atom. The van der Waals surface area contributed by atoms with E-state index in [0.717, 1.165) is 16.8 Å². The zero-order valence-corrected chi connectivity index (χ0v) is 11.4. The Balaban J connectivity index is 2.26. The number of nitrogens with one attached hydrogen (secondary N) is 1. The Labute approximate surface area is 113 Å².